The summed E-state index contributed by atoms with van der Waals surface area (Å²) in [5.74, 6) is 0.111. The van der Waals surface area contributed by atoms with Crippen molar-refractivity contribution in [1.29, 1.82) is 0 Å². The highest BCUT2D eigenvalue weighted by Crippen LogP contribution is 2.16. The number of ether oxygens (including phenoxy) is 1. The summed E-state index contributed by atoms with van der Waals surface area (Å²) < 4.78 is 7.21. The minimum Gasteiger partial charge on any atom is -0.381 e. The van der Waals surface area contributed by atoms with Gasteiger partial charge in [-0.15, -0.1) is 0 Å². The lowest BCUT2D eigenvalue weighted by Crippen LogP contribution is -2.40. The molecule has 5 nitrogen and oxygen atoms in total. The van der Waals surface area contributed by atoms with Crippen molar-refractivity contribution in [1.82, 2.24) is 14.7 Å². The van der Waals surface area contributed by atoms with Gasteiger partial charge >= 0.3 is 0 Å². The van der Waals surface area contributed by atoms with Crippen LogP contribution in [0.2, 0.25) is 0 Å². The molecule has 1 fully saturated rings. The molecule has 1 saturated heterocycles. The lowest BCUT2D eigenvalue weighted by atomic mass is 10.1. The Morgan fingerprint density at radius 1 is 1.27 bits per heavy atom. The third-order valence-corrected chi connectivity index (χ3v) is 4.17. The van der Waals surface area contributed by atoms with E-state index >= 15 is 0 Å². The van der Waals surface area contributed by atoms with E-state index in [1.807, 2.05) is 46.1 Å². The second-order valence-corrected chi connectivity index (χ2v) is 5.63. The van der Waals surface area contributed by atoms with E-state index in [9.17, 15) is 4.79 Å². The molecule has 1 aromatic carbocycles. The first-order valence-corrected chi connectivity index (χ1v) is 7.64. The molecule has 0 unspecified atom stereocenters. The van der Waals surface area contributed by atoms with E-state index in [-0.39, 0.29) is 5.91 Å². The van der Waals surface area contributed by atoms with E-state index < -0.39 is 0 Å². The van der Waals surface area contributed by atoms with Gasteiger partial charge in [0.05, 0.1) is 12.6 Å². The Kier molecular flexibility index (Phi) is 4.53. The molecule has 0 N–H and O–H groups in total. The normalized spacial score (nSPS) is 16.0. The molecule has 0 atom stereocenters. The van der Waals surface area contributed by atoms with Gasteiger partial charge in [0.2, 0.25) is 0 Å². The third-order valence-electron chi connectivity index (χ3n) is 4.17. The number of amides is 1. The van der Waals surface area contributed by atoms with Crippen LogP contribution in [0.15, 0.2) is 42.7 Å². The van der Waals surface area contributed by atoms with E-state index in [2.05, 4.69) is 5.10 Å². The number of hydrogen-bond donors (Lipinski definition) is 0. The minimum absolute atomic E-state index is 0.111. The highest BCUT2D eigenvalue weighted by Gasteiger charge is 2.23. The van der Waals surface area contributed by atoms with Crippen LogP contribution in [0.5, 0.6) is 0 Å². The first kappa shape index (κ1) is 14.8. The number of methoxy groups -OCH3 is 1. The maximum absolute atomic E-state index is 12.5. The SMILES string of the molecule is COC1CCN(C(=O)c2ccc(Cn3cccn3)cc2)CC1. The molecule has 1 amide bonds. The van der Waals surface area contributed by atoms with Gasteiger partial charge in [0.1, 0.15) is 0 Å². The summed E-state index contributed by atoms with van der Waals surface area (Å²) in [4.78, 5) is 14.4. The second-order valence-electron chi connectivity index (χ2n) is 5.63. The van der Waals surface area contributed by atoms with Crippen molar-refractivity contribution < 1.29 is 9.53 Å². The van der Waals surface area contributed by atoms with Crippen molar-refractivity contribution >= 4 is 5.91 Å². The van der Waals surface area contributed by atoms with Crippen molar-refractivity contribution in [2.45, 2.75) is 25.5 Å². The Morgan fingerprint density at radius 3 is 2.59 bits per heavy atom. The van der Waals surface area contributed by atoms with Crippen molar-refractivity contribution in [3.05, 3.63) is 53.9 Å². The Balaban J connectivity index is 1.61. The van der Waals surface area contributed by atoms with Gasteiger partial charge in [-0.2, -0.15) is 5.10 Å². The molecule has 5 heteroatoms. The molecule has 2 heterocycles. The van der Waals surface area contributed by atoms with E-state index in [1.165, 1.54) is 0 Å². The maximum Gasteiger partial charge on any atom is 0.253 e. The molecule has 1 aliphatic heterocycles. The molecular formula is C17H21N3O2. The molecule has 22 heavy (non-hydrogen) atoms. The smallest absolute Gasteiger partial charge is 0.253 e. The standard InChI is InChI=1S/C17H21N3O2/c1-22-16-7-11-19(12-8-16)17(21)15-5-3-14(4-6-15)13-20-10-2-9-18-20/h2-6,9-10,16H,7-8,11-13H2,1H3. The number of aromatic nitrogens is 2. The van der Waals surface area contributed by atoms with Gasteiger partial charge in [-0.1, -0.05) is 12.1 Å². The van der Waals surface area contributed by atoms with Crippen molar-refractivity contribution in [3.63, 3.8) is 0 Å². The summed E-state index contributed by atoms with van der Waals surface area (Å²) in [7, 11) is 1.74. The van der Waals surface area contributed by atoms with Gasteiger partial charge in [0.25, 0.3) is 5.91 Å². The van der Waals surface area contributed by atoms with Gasteiger partial charge in [-0.25, -0.2) is 0 Å². The molecule has 3 rings (SSSR count). The van der Waals surface area contributed by atoms with Crippen molar-refractivity contribution in [2.75, 3.05) is 20.2 Å². The van der Waals surface area contributed by atoms with Crippen LogP contribution in [-0.2, 0) is 11.3 Å². The Morgan fingerprint density at radius 2 is 2.00 bits per heavy atom. The summed E-state index contributed by atoms with van der Waals surface area (Å²) in [5, 5.41) is 4.19. The number of benzene rings is 1. The number of hydrogen-bond acceptors (Lipinski definition) is 3. The van der Waals surface area contributed by atoms with Crippen molar-refractivity contribution in [3.8, 4) is 0 Å². The molecule has 2 aromatic rings. The monoisotopic (exact) mass is 299 g/mol. The summed E-state index contributed by atoms with van der Waals surface area (Å²) in [6.07, 6.45) is 5.82. The van der Waals surface area contributed by atoms with Crippen LogP contribution >= 0.6 is 0 Å². The van der Waals surface area contributed by atoms with E-state index in [1.54, 1.807) is 13.3 Å². The zero-order chi connectivity index (χ0) is 15.4. The molecule has 0 radical (unpaired) electrons. The lowest BCUT2D eigenvalue weighted by molar-refractivity contribution is 0.0351. The van der Waals surface area contributed by atoms with E-state index in [0.29, 0.717) is 6.10 Å². The van der Waals surface area contributed by atoms with Gasteiger partial charge in [-0.3, -0.25) is 9.48 Å². The fraction of sp³-hybridized carbons (Fsp3) is 0.412. The number of rotatable bonds is 4. The first-order valence-electron chi connectivity index (χ1n) is 7.64. The second kappa shape index (κ2) is 6.75. The molecular weight excluding hydrogens is 278 g/mol. The zero-order valence-electron chi connectivity index (χ0n) is 12.8. The van der Waals surface area contributed by atoms with Crippen molar-refractivity contribution in [2.24, 2.45) is 0 Å². The summed E-state index contributed by atoms with van der Waals surface area (Å²) in [5.41, 5.74) is 1.89. The van der Waals surface area contributed by atoms with Crippen LogP contribution < -0.4 is 0 Å². The van der Waals surface area contributed by atoms with Crippen LogP contribution in [0.1, 0.15) is 28.8 Å². The molecule has 0 bridgehead atoms. The molecule has 1 aliphatic rings. The molecule has 1 aromatic heterocycles. The van der Waals surface area contributed by atoms with Crippen LogP contribution in [0.4, 0.5) is 0 Å². The fourth-order valence-electron chi connectivity index (χ4n) is 2.81. The Labute approximate surface area is 130 Å². The molecule has 0 spiro atoms. The van der Waals surface area contributed by atoms with Crippen LogP contribution in [0, 0.1) is 0 Å². The van der Waals surface area contributed by atoms with E-state index in [4.69, 9.17) is 4.74 Å². The molecule has 0 aliphatic carbocycles. The largest absolute Gasteiger partial charge is 0.381 e. The third kappa shape index (κ3) is 3.36. The predicted octanol–water partition coefficient (Wildman–Crippen LogP) is 2.18. The molecule has 0 saturated carbocycles. The van der Waals surface area contributed by atoms with Gasteiger partial charge in [-0.05, 0) is 36.6 Å². The highest BCUT2D eigenvalue weighted by atomic mass is 16.5. The highest BCUT2D eigenvalue weighted by molar-refractivity contribution is 5.94. The quantitative estimate of drug-likeness (QED) is 0.869. The number of likely N-dealkylation sites (tertiary alicyclic amines) is 1. The summed E-state index contributed by atoms with van der Waals surface area (Å²) in [6, 6.07) is 9.71. The van der Waals surface area contributed by atoms with Crippen LogP contribution in [0.3, 0.4) is 0 Å². The number of nitrogens with zero attached hydrogens (tertiary/aromatic N) is 3. The topological polar surface area (TPSA) is 47.4 Å². The Bertz CT molecular complexity index is 599. The predicted molar refractivity (Wildman–Crippen MR) is 83.7 cm³/mol. The van der Waals surface area contributed by atoms with Crippen LogP contribution in [-0.4, -0.2) is 46.9 Å². The summed E-state index contributed by atoms with van der Waals surface area (Å²) in [6.45, 7) is 2.26. The first-order chi connectivity index (χ1) is 10.8. The molecule has 116 valence electrons. The van der Waals surface area contributed by atoms with Gasteiger partial charge < -0.3 is 9.64 Å². The Hall–Kier alpha value is -2.14. The van der Waals surface area contributed by atoms with Crippen LogP contribution in [0.25, 0.3) is 0 Å². The maximum atomic E-state index is 12.5. The average Bonchev–Trinajstić information content (AvgIpc) is 3.08. The summed E-state index contributed by atoms with van der Waals surface area (Å²) >= 11 is 0. The minimum atomic E-state index is 0.111. The van der Waals surface area contributed by atoms with Gasteiger partial charge in [0, 0.05) is 38.2 Å². The lowest BCUT2D eigenvalue weighted by Gasteiger charge is -2.31. The number of carbonyl (C=O) groups is 1. The fourth-order valence-corrected chi connectivity index (χ4v) is 2.81. The average molecular weight is 299 g/mol. The van der Waals surface area contributed by atoms with E-state index in [0.717, 1.165) is 43.6 Å². The zero-order valence-corrected chi connectivity index (χ0v) is 12.8. The number of carbonyl (C=O) groups excluding carboxylic acids is 1. The number of piperidine rings is 1. The van der Waals surface area contributed by atoms with Gasteiger partial charge in [0.15, 0.2) is 0 Å².